The van der Waals surface area contributed by atoms with Crippen LogP contribution in [-0.2, 0) is 9.59 Å². The number of thioether (sulfide) groups is 1. The van der Waals surface area contributed by atoms with Crippen LogP contribution in [0.25, 0.3) is 0 Å². The Hall–Kier alpha value is -3.14. The first-order valence-electron chi connectivity index (χ1n) is 15.1. The molecule has 2 saturated heterocycles. The van der Waals surface area contributed by atoms with Crippen molar-refractivity contribution in [3.8, 4) is 0 Å². The first-order valence-corrected chi connectivity index (χ1v) is 16.5. The second-order valence-corrected chi connectivity index (χ2v) is 13.1. The fourth-order valence-corrected chi connectivity index (χ4v) is 6.93. The Labute approximate surface area is 264 Å². The Morgan fingerprint density at radius 2 is 1.51 bits per heavy atom. The minimum atomic E-state index is 0.0773. The molecule has 2 aliphatic rings. The lowest BCUT2D eigenvalue weighted by molar-refractivity contribution is -0.134. The van der Waals surface area contributed by atoms with Crippen molar-refractivity contribution in [3.05, 3.63) is 83.0 Å². The van der Waals surface area contributed by atoms with Gasteiger partial charge in [0.15, 0.2) is 5.16 Å². The number of hydrogen-bond donors (Lipinski definition) is 0. The number of nitrogens with zero attached hydrogens (tertiary/aromatic N) is 6. The van der Waals surface area contributed by atoms with E-state index in [9.17, 15) is 9.59 Å². The van der Waals surface area contributed by atoms with Crippen LogP contribution in [0.2, 0.25) is 5.15 Å². The van der Waals surface area contributed by atoms with E-state index in [4.69, 9.17) is 16.6 Å². The standard InChI is InChI=1S/C33H41ClN6O2S/c1-24(2)20-30(41)40-19-18-39(22-25(40)3)29-21-28(34)35-33(36-29)43-23-31(42)37-14-16-38(17-15-37)32(26-10-6-4-7-11-26)27-12-8-5-9-13-27/h4-13,21,24-25,32H,14-20,22-23H2,1-3H3. The van der Waals surface area contributed by atoms with Crippen molar-refractivity contribution >= 4 is 41.0 Å². The van der Waals surface area contributed by atoms with E-state index in [0.717, 1.165) is 18.9 Å². The Bertz CT molecular complexity index is 1330. The number of amides is 2. The van der Waals surface area contributed by atoms with Gasteiger partial charge in [-0.3, -0.25) is 14.5 Å². The molecule has 0 radical (unpaired) electrons. The quantitative estimate of drug-likeness (QED) is 0.184. The van der Waals surface area contributed by atoms with E-state index in [2.05, 4.69) is 84.1 Å². The fraction of sp³-hybridized carbons (Fsp3) is 0.455. The van der Waals surface area contributed by atoms with E-state index in [1.165, 1.54) is 22.9 Å². The number of benzene rings is 2. The number of carbonyl (C=O) groups is 2. The summed E-state index contributed by atoms with van der Waals surface area (Å²) in [7, 11) is 0. The van der Waals surface area contributed by atoms with Gasteiger partial charge in [0, 0.05) is 64.3 Å². The average molecular weight is 621 g/mol. The summed E-state index contributed by atoms with van der Waals surface area (Å²) in [6.07, 6.45) is 0.564. The van der Waals surface area contributed by atoms with Crippen LogP contribution in [0.15, 0.2) is 71.9 Å². The molecule has 0 bridgehead atoms. The van der Waals surface area contributed by atoms with Crippen LogP contribution >= 0.6 is 23.4 Å². The minimum Gasteiger partial charge on any atom is -0.353 e. The summed E-state index contributed by atoms with van der Waals surface area (Å²) < 4.78 is 0. The maximum atomic E-state index is 13.2. The third-order valence-corrected chi connectivity index (χ3v) is 9.13. The fourth-order valence-electron chi connectivity index (χ4n) is 5.95. The van der Waals surface area contributed by atoms with Crippen LogP contribution < -0.4 is 4.90 Å². The number of aromatic nitrogens is 2. The molecule has 3 heterocycles. The molecule has 3 aromatic rings. The Balaban J connectivity index is 1.16. The summed E-state index contributed by atoms with van der Waals surface area (Å²) in [5.41, 5.74) is 2.52. The Morgan fingerprint density at radius 3 is 2.09 bits per heavy atom. The van der Waals surface area contributed by atoms with Crippen molar-refractivity contribution in [1.29, 1.82) is 0 Å². The van der Waals surface area contributed by atoms with Gasteiger partial charge in [0.2, 0.25) is 11.8 Å². The molecule has 2 fully saturated rings. The van der Waals surface area contributed by atoms with Gasteiger partial charge in [-0.1, -0.05) is 97.9 Å². The highest BCUT2D eigenvalue weighted by atomic mass is 35.5. The Morgan fingerprint density at radius 1 is 0.884 bits per heavy atom. The van der Waals surface area contributed by atoms with Crippen molar-refractivity contribution in [2.24, 2.45) is 5.92 Å². The second-order valence-electron chi connectivity index (χ2n) is 11.7. The van der Waals surface area contributed by atoms with E-state index in [1.807, 2.05) is 21.9 Å². The highest BCUT2D eigenvalue weighted by Crippen LogP contribution is 2.30. The van der Waals surface area contributed by atoms with Gasteiger partial charge in [0.1, 0.15) is 11.0 Å². The number of piperazine rings is 2. The predicted octanol–water partition coefficient (Wildman–Crippen LogP) is 5.24. The van der Waals surface area contributed by atoms with Crippen molar-refractivity contribution in [1.82, 2.24) is 24.7 Å². The molecular weight excluding hydrogens is 580 g/mol. The molecule has 8 nitrogen and oxygen atoms in total. The molecule has 0 aliphatic carbocycles. The van der Waals surface area contributed by atoms with Crippen molar-refractivity contribution in [2.45, 2.75) is 44.4 Å². The van der Waals surface area contributed by atoms with Crippen LogP contribution in [0.3, 0.4) is 0 Å². The highest BCUT2D eigenvalue weighted by Gasteiger charge is 2.30. The normalized spacial score (nSPS) is 18.0. The van der Waals surface area contributed by atoms with Crippen molar-refractivity contribution < 1.29 is 9.59 Å². The van der Waals surface area contributed by atoms with Crippen LogP contribution in [0.4, 0.5) is 5.82 Å². The molecule has 228 valence electrons. The van der Waals surface area contributed by atoms with E-state index in [0.29, 0.717) is 55.4 Å². The third-order valence-electron chi connectivity index (χ3n) is 8.10. The molecule has 2 aliphatic heterocycles. The summed E-state index contributed by atoms with van der Waals surface area (Å²) in [6.45, 7) is 11.2. The number of hydrogen-bond acceptors (Lipinski definition) is 7. The third kappa shape index (κ3) is 8.08. The zero-order chi connectivity index (χ0) is 30.3. The maximum Gasteiger partial charge on any atom is 0.233 e. The van der Waals surface area contributed by atoms with Crippen molar-refractivity contribution in [3.63, 3.8) is 0 Å². The molecule has 0 N–H and O–H groups in total. The summed E-state index contributed by atoms with van der Waals surface area (Å²) in [6, 6.07) is 23.1. The smallest absolute Gasteiger partial charge is 0.233 e. The molecule has 0 spiro atoms. The van der Waals surface area contributed by atoms with Gasteiger partial charge in [-0.2, -0.15) is 0 Å². The summed E-state index contributed by atoms with van der Waals surface area (Å²) >= 11 is 7.72. The topological polar surface area (TPSA) is 72.9 Å². The summed E-state index contributed by atoms with van der Waals surface area (Å²) in [5, 5.41) is 0.848. The molecule has 0 saturated carbocycles. The van der Waals surface area contributed by atoms with Gasteiger partial charge in [0.25, 0.3) is 0 Å². The lowest BCUT2D eigenvalue weighted by atomic mass is 9.96. The number of halogens is 1. The second kappa shape index (κ2) is 14.6. The molecule has 1 atom stereocenters. The van der Waals surface area contributed by atoms with Gasteiger partial charge in [-0.05, 0) is 24.0 Å². The van der Waals surface area contributed by atoms with Crippen molar-refractivity contribution in [2.75, 3.05) is 56.5 Å². The zero-order valence-electron chi connectivity index (χ0n) is 25.2. The van der Waals surface area contributed by atoms with Crippen LogP contribution in [-0.4, -0.2) is 94.1 Å². The first-order chi connectivity index (χ1) is 20.8. The van der Waals surface area contributed by atoms with E-state index >= 15 is 0 Å². The van der Waals surface area contributed by atoms with Crippen LogP contribution in [0.1, 0.15) is 44.4 Å². The predicted molar refractivity (Wildman–Crippen MR) is 173 cm³/mol. The van der Waals surface area contributed by atoms with Gasteiger partial charge >= 0.3 is 0 Å². The summed E-state index contributed by atoms with van der Waals surface area (Å²) in [4.78, 5) is 43.5. The molecule has 43 heavy (non-hydrogen) atoms. The first kappa shape index (κ1) is 31.3. The minimum absolute atomic E-state index is 0.0773. The van der Waals surface area contributed by atoms with Crippen LogP contribution in [0, 0.1) is 5.92 Å². The van der Waals surface area contributed by atoms with E-state index < -0.39 is 0 Å². The van der Waals surface area contributed by atoms with Gasteiger partial charge in [0.05, 0.1) is 11.8 Å². The monoisotopic (exact) mass is 620 g/mol. The SMILES string of the molecule is CC(C)CC(=O)N1CCN(c2cc(Cl)nc(SCC(=O)N3CCN(C(c4ccccc4)c4ccccc4)CC3)n2)CC1C. The Kier molecular flexibility index (Phi) is 10.6. The van der Waals surface area contributed by atoms with E-state index in [1.54, 1.807) is 6.07 Å². The van der Waals surface area contributed by atoms with Gasteiger partial charge < -0.3 is 14.7 Å². The summed E-state index contributed by atoms with van der Waals surface area (Å²) in [5.74, 6) is 1.61. The van der Waals surface area contributed by atoms with Crippen LogP contribution in [0.5, 0.6) is 0 Å². The molecule has 1 unspecified atom stereocenters. The maximum absolute atomic E-state index is 13.2. The number of carbonyl (C=O) groups excluding carboxylic acids is 2. The molecular formula is C33H41ClN6O2S. The number of rotatable bonds is 9. The van der Waals surface area contributed by atoms with Gasteiger partial charge in [-0.15, -0.1) is 0 Å². The molecule has 2 aromatic carbocycles. The highest BCUT2D eigenvalue weighted by molar-refractivity contribution is 7.99. The lowest BCUT2D eigenvalue weighted by Crippen LogP contribution is -2.54. The molecule has 5 rings (SSSR count). The molecule has 2 amide bonds. The number of anilines is 1. The van der Waals surface area contributed by atoms with Gasteiger partial charge in [-0.25, -0.2) is 9.97 Å². The average Bonchev–Trinajstić information content (AvgIpc) is 3.01. The zero-order valence-corrected chi connectivity index (χ0v) is 26.8. The largest absolute Gasteiger partial charge is 0.353 e. The molecule has 1 aromatic heterocycles. The lowest BCUT2D eigenvalue weighted by Gasteiger charge is -2.40. The van der Waals surface area contributed by atoms with E-state index in [-0.39, 0.29) is 29.7 Å². The molecule has 10 heteroatoms.